The molecule has 0 spiro atoms. The molecule has 0 saturated carbocycles. The molecule has 1 aromatic heterocycles. The number of benzene rings is 1. The first kappa shape index (κ1) is 12.8. The zero-order chi connectivity index (χ0) is 12.8. The molecule has 1 atom stereocenters. The van der Waals surface area contributed by atoms with Crippen molar-refractivity contribution >= 4 is 17.4 Å². The summed E-state index contributed by atoms with van der Waals surface area (Å²) in [6, 6.07) is 10.0. The van der Waals surface area contributed by atoms with Crippen LogP contribution >= 0.6 is 11.6 Å². The molecule has 5 heteroatoms. The Morgan fingerprint density at radius 2 is 2.06 bits per heavy atom. The van der Waals surface area contributed by atoms with E-state index >= 15 is 0 Å². The highest BCUT2D eigenvalue weighted by atomic mass is 35.5. The van der Waals surface area contributed by atoms with E-state index in [0.717, 1.165) is 5.56 Å². The first-order valence-electron chi connectivity index (χ1n) is 5.59. The number of hydrogen-bond acceptors (Lipinski definition) is 4. The first-order chi connectivity index (χ1) is 8.79. The highest BCUT2D eigenvalue weighted by Crippen LogP contribution is 2.17. The summed E-state index contributed by atoms with van der Waals surface area (Å²) in [5.74, 6) is 0.639. The highest BCUT2D eigenvalue weighted by molar-refractivity contribution is 6.29. The zero-order valence-electron chi connectivity index (χ0n) is 10.0. The Labute approximate surface area is 111 Å². The Balaban J connectivity index is 2.00. The van der Waals surface area contributed by atoms with E-state index in [0.29, 0.717) is 17.5 Å². The summed E-state index contributed by atoms with van der Waals surface area (Å²) in [5, 5.41) is 3.52. The molecular formula is C13H14ClN3O. The third-order valence-corrected chi connectivity index (χ3v) is 2.71. The summed E-state index contributed by atoms with van der Waals surface area (Å²) in [7, 11) is 1.68. The van der Waals surface area contributed by atoms with Gasteiger partial charge in [0.25, 0.3) is 0 Å². The van der Waals surface area contributed by atoms with Gasteiger partial charge in [0.1, 0.15) is 11.0 Å². The second-order valence-electron chi connectivity index (χ2n) is 3.74. The van der Waals surface area contributed by atoms with E-state index in [2.05, 4.69) is 15.3 Å². The van der Waals surface area contributed by atoms with E-state index in [1.54, 1.807) is 13.3 Å². The van der Waals surface area contributed by atoms with Crippen molar-refractivity contribution in [3.05, 3.63) is 53.4 Å². The number of rotatable bonds is 5. The number of hydrogen-bond donors (Lipinski definition) is 1. The topological polar surface area (TPSA) is 47.0 Å². The molecule has 2 aromatic rings. The lowest BCUT2D eigenvalue weighted by Crippen LogP contribution is -2.15. The smallest absolute Gasteiger partial charge is 0.149 e. The van der Waals surface area contributed by atoms with Gasteiger partial charge in [-0.15, -0.1) is 0 Å². The van der Waals surface area contributed by atoms with Gasteiger partial charge < -0.3 is 10.1 Å². The van der Waals surface area contributed by atoms with Gasteiger partial charge >= 0.3 is 0 Å². The van der Waals surface area contributed by atoms with E-state index in [9.17, 15) is 0 Å². The number of nitrogens with one attached hydrogen (secondary N) is 1. The molecule has 0 aliphatic heterocycles. The minimum absolute atomic E-state index is 0.0352. The molecular weight excluding hydrogens is 250 g/mol. The molecule has 0 unspecified atom stereocenters. The van der Waals surface area contributed by atoms with Crippen LogP contribution in [0.5, 0.6) is 0 Å². The van der Waals surface area contributed by atoms with Crippen molar-refractivity contribution in [1.29, 1.82) is 0 Å². The number of nitrogens with zero attached hydrogens (tertiary/aromatic N) is 2. The Hall–Kier alpha value is -1.65. The van der Waals surface area contributed by atoms with Crippen molar-refractivity contribution in [2.24, 2.45) is 0 Å². The van der Waals surface area contributed by atoms with Gasteiger partial charge in [-0.2, -0.15) is 0 Å². The van der Waals surface area contributed by atoms with E-state index in [4.69, 9.17) is 16.3 Å². The number of halogens is 1. The van der Waals surface area contributed by atoms with E-state index in [1.807, 2.05) is 30.3 Å². The molecule has 18 heavy (non-hydrogen) atoms. The van der Waals surface area contributed by atoms with Gasteiger partial charge in [0.15, 0.2) is 0 Å². The van der Waals surface area contributed by atoms with Gasteiger partial charge in [0.05, 0.1) is 18.5 Å². The highest BCUT2D eigenvalue weighted by Gasteiger charge is 2.09. The molecule has 0 amide bonds. The fourth-order valence-corrected chi connectivity index (χ4v) is 1.78. The molecule has 1 N–H and O–H groups in total. The Kier molecular flexibility index (Phi) is 4.50. The monoisotopic (exact) mass is 263 g/mol. The summed E-state index contributed by atoms with van der Waals surface area (Å²) < 4.78 is 5.44. The molecule has 0 radical (unpaired) electrons. The fourth-order valence-electron chi connectivity index (χ4n) is 1.63. The fraction of sp³-hybridized carbons (Fsp3) is 0.231. The largest absolute Gasteiger partial charge is 0.375 e. The normalized spacial score (nSPS) is 12.1. The summed E-state index contributed by atoms with van der Waals surface area (Å²) in [4.78, 5) is 8.07. The van der Waals surface area contributed by atoms with Crippen LogP contribution in [0.4, 0.5) is 5.82 Å². The standard InChI is InChI=1S/C13H14ClN3O/c1-18-11(10-5-3-2-4-6-10)7-16-13-9-15-8-12(14)17-13/h2-6,8-9,11H,7H2,1H3,(H,16,17)/t11-/m0/s1. The molecule has 0 fully saturated rings. The number of anilines is 1. The average molecular weight is 264 g/mol. The van der Waals surface area contributed by atoms with Crippen LogP contribution in [0.25, 0.3) is 0 Å². The molecule has 0 aliphatic carbocycles. The van der Waals surface area contributed by atoms with Crippen LogP contribution in [0, 0.1) is 0 Å². The predicted molar refractivity (Wildman–Crippen MR) is 71.7 cm³/mol. The van der Waals surface area contributed by atoms with E-state index in [-0.39, 0.29) is 6.10 Å². The van der Waals surface area contributed by atoms with Gasteiger partial charge in [-0.05, 0) is 5.56 Å². The molecule has 1 aromatic carbocycles. The summed E-state index contributed by atoms with van der Waals surface area (Å²) in [6.07, 6.45) is 3.09. The van der Waals surface area contributed by atoms with Crippen molar-refractivity contribution in [2.75, 3.05) is 19.0 Å². The second kappa shape index (κ2) is 6.33. The molecule has 2 rings (SSSR count). The van der Waals surface area contributed by atoms with Crippen LogP contribution in [0.2, 0.25) is 5.15 Å². The maximum absolute atomic E-state index is 5.77. The average Bonchev–Trinajstić information content (AvgIpc) is 2.41. The summed E-state index contributed by atoms with van der Waals surface area (Å²) in [5.41, 5.74) is 1.11. The van der Waals surface area contributed by atoms with E-state index in [1.165, 1.54) is 6.20 Å². The van der Waals surface area contributed by atoms with Crippen LogP contribution in [-0.4, -0.2) is 23.6 Å². The SMILES string of the molecule is CO[C@@H](CNc1cncc(Cl)n1)c1ccccc1. The number of aromatic nitrogens is 2. The first-order valence-corrected chi connectivity index (χ1v) is 5.96. The molecule has 0 aliphatic rings. The molecule has 0 bridgehead atoms. The molecule has 1 heterocycles. The molecule has 94 valence electrons. The second-order valence-corrected chi connectivity index (χ2v) is 4.13. The lowest BCUT2D eigenvalue weighted by molar-refractivity contribution is 0.114. The lowest BCUT2D eigenvalue weighted by atomic mass is 10.1. The minimum atomic E-state index is -0.0352. The Morgan fingerprint density at radius 3 is 2.72 bits per heavy atom. The summed E-state index contributed by atoms with van der Waals surface area (Å²) >= 11 is 5.77. The van der Waals surface area contributed by atoms with Gasteiger partial charge in [-0.3, -0.25) is 4.98 Å². The van der Waals surface area contributed by atoms with Gasteiger partial charge in [0.2, 0.25) is 0 Å². The Morgan fingerprint density at radius 1 is 1.28 bits per heavy atom. The third kappa shape index (κ3) is 3.42. The quantitative estimate of drug-likeness (QED) is 0.901. The minimum Gasteiger partial charge on any atom is -0.375 e. The summed E-state index contributed by atoms with van der Waals surface area (Å²) in [6.45, 7) is 0.607. The molecule has 0 saturated heterocycles. The van der Waals surface area contributed by atoms with Gasteiger partial charge in [-0.1, -0.05) is 41.9 Å². The zero-order valence-corrected chi connectivity index (χ0v) is 10.8. The van der Waals surface area contributed by atoms with Crippen LogP contribution in [0.1, 0.15) is 11.7 Å². The number of ether oxygens (including phenoxy) is 1. The van der Waals surface area contributed by atoms with Crippen molar-refractivity contribution in [2.45, 2.75) is 6.10 Å². The Bertz CT molecular complexity index is 493. The van der Waals surface area contributed by atoms with Gasteiger partial charge in [-0.25, -0.2) is 4.98 Å². The van der Waals surface area contributed by atoms with E-state index < -0.39 is 0 Å². The number of methoxy groups -OCH3 is 1. The van der Waals surface area contributed by atoms with Crippen molar-refractivity contribution in [3.8, 4) is 0 Å². The third-order valence-electron chi connectivity index (χ3n) is 2.53. The van der Waals surface area contributed by atoms with Crippen LogP contribution in [0.3, 0.4) is 0 Å². The van der Waals surface area contributed by atoms with Crippen molar-refractivity contribution in [1.82, 2.24) is 9.97 Å². The predicted octanol–water partition coefficient (Wildman–Crippen LogP) is 2.93. The van der Waals surface area contributed by atoms with Crippen LogP contribution < -0.4 is 5.32 Å². The van der Waals surface area contributed by atoms with Gasteiger partial charge in [0, 0.05) is 13.7 Å². The van der Waals surface area contributed by atoms with Crippen LogP contribution in [0.15, 0.2) is 42.7 Å². The van der Waals surface area contributed by atoms with Crippen LogP contribution in [-0.2, 0) is 4.74 Å². The maximum Gasteiger partial charge on any atom is 0.149 e. The lowest BCUT2D eigenvalue weighted by Gasteiger charge is -2.16. The van der Waals surface area contributed by atoms with Crippen molar-refractivity contribution in [3.63, 3.8) is 0 Å². The maximum atomic E-state index is 5.77. The van der Waals surface area contributed by atoms with Crippen molar-refractivity contribution < 1.29 is 4.74 Å². The molecule has 4 nitrogen and oxygen atoms in total.